The molecule has 0 aromatic heterocycles. The van der Waals surface area contributed by atoms with Crippen molar-refractivity contribution < 1.29 is 18.0 Å². The van der Waals surface area contributed by atoms with Crippen LogP contribution in [0.2, 0.25) is 10.0 Å². The first-order chi connectivity index (χ1) is 18.4. The molecule has 0 spiro atoms. The van der Waals surface area contributed by atoms with Crippen molar-refractivity contribution >= 4 is 66.7 Å². The molecule has 0 aliphatic rings. The number of sulfonamides is 1. The van der Waals surface area contributed by atoms with E-state index in [4.69, 9.17) is 23.2 Å². The van der Waals surface area contributed by atoms with Crippen molar-refractivity contribution in [1.82, 2.24) is 10.2 Å². The van der Waals surface area contributed by atoms with Gasteiger partial charge in [0.2, 0.25) is 11.8 Å². The number of carbonyl (C=O) groups is 2. The predicted octanol–water partition coefficient (Wildman–Crippen LogP) is 6.28. The Labute approximate surface area is 248 Å². The standard InChI is InChI=1S/C28H30BrCl2N3O4S/c1-4-26(28(36)32-19(2)3)33(17-23-24(30)14-9-15-25(23)31)27(35)18-34(21-11-8-10-20(29)16-21)39(37,38)22-12-6-5-7-13-22/h5-16,19,26H,4,17-18H2,1-3H3,(H,32,36). The highest BCUT2D eigenvalue weighted by Gasteiger charge is 2.34. The van der Waals surface area contributed by atoms with Crippen molar-refractivity contribution in [2.75, 3.05) is 10.8 Å². The zero-order valence-corrected chi connectivity index (χ0v) is 25.7. The lowest BCUT2D eigenvalue weighted by molar-refractivity contribution is -0.140. The Hall–Kier alpha value is -2.59. The summed E-state index contributed by atoms with van der Waals surface area (Å²) >= 11 is 16.2. The van der Waals surface area contributed by atoms with E-state index in [2.05, 4.69) is 21.2 Å². The third-order valence-corrected chi connectivity index (χ3v) is 8.90. The smallest absolute Gasteiger partial charge is 0.264 e. The second kappa shape index (κ2) is 13.7. The summed E-state index contributed by atoms with van der Waals surface area (Å²) in [5, 5.41) is 3.52. The van der Waals surface area contributed by atoms with Crippen LogP contribution in [0.5, 0.6) is 0 Å². The van der Waals surface area contributed by atoms with Crippen LogP contribution in [0.3, 0.4) is 0 Å². The van der Waals surface area contributed by atoms with Crippen LogP contribution < -0.4 is 9.62 Å². The maximum absolute atomic E-state index is 14.0. The molecule has 11 heteroatoms. The number of rotatable bonds is 11. The molecule has 0 radical (unpaired) electrons. The lowest BCUT2D eigenvalue weighted by atomic mass is 10.1. The van der Waals surface area contributed by atoms with E-state index in [0.29, 0.717) is 20.1 Å². The van der Waals surface area contributed by atoms with Gasteiger partial charge >= 0.3 is 0 Å². The van der Waals surface area contributed by atoms with Gasteiger partial charge in [-0.05, 0) is 62.7 Å². The van der Waals surface area contributed by atoms with Crippen LogP contribution in [-0.4, -0.2) is 43.8 Å². The lowest BCUT2D eigenvalue weighted by Crippen LogP contribution is -2.53. The molecule has 1 N–H and O–H groups in total. The van der Waals surface area contributed by atoms with E-state index in [-0.39, 0.29) is 35.5 Å². The number of anilines is 1. The van der Waals surface area contributed by atoms with Crippen molar-refractivity contribution in [2.45, 2.75) is 50.7 Å². The molecule has 0 saturated carbocycles. The molecule has 3 rings (SSSR count). The fourth-order valence-corrected chi connectivity index (χ4v) is 6.36. The monoisotopic (exact) mass is 653 g/mol. The number of hydrogen-bond donors (Lipinski definition) is 1. The van der Waals surface area contributed by atoms with E-state index in [9.17, 15) is 18.0 Å². The number of benzene rings is 3. The molecule has 1 unspecified atom stereocenters. The number of nitrogens with one attached hydrogen (secondary N) is 1. The molecule has 0 fully saturated rings. The lowest BCUT2D eigenvalue weighted by Gasteiger charge is -2.34. The zero-order chi connectivity index (χ0) is 28.7. The minimum Gasteiger partial charge on any atom is -0.352 e. The average molecular weight is 655 g/mol. The second-order valence-corrected chi connectivity index (χ2v) is 12.7. The molecule has 7 nitrogen and oxygen atoms in total. The number of hydrogen-bond acceptors (Lipinski definition) is 4. The van der Waals surface area contributed by atoms with Crippen LogP contribution in [0.4, 0.5) is 5.69 Å². The minimum atomic E-state index is -4.15. The Morgan fingerprint density at radius 2 is 1.56 bits per heavy atom. The molecule has 0 bridgehead atoms. The van der Waals surface area contributed by atoms with Gasteiger partial charge in [-0.3, -0.25) is 13.9 Å². The molecule has 1 atom stereocenters. The Bertz CT molecular complexity index is 1400. The van der Waals surface area contributed by atoms with E-state index < -0.39 is 28.5 Å². The Morgan fingerprint density at radius 3 is 2.13 bits per heavy atom. The normalized spacial score (nSPS) is 12.2. The van der Waals surface area contributed by atoms with Crippen LogP contribution in [0.1, 0.15) is 32.8 Å². The first-order valence-corrected chi connectivity index (χ1v) is 15.3. The summed E-state index contributed by atoms with van der Waals surface area (Å²) in [4.78, 5) is 28.6. The molecule has 208 valence electrons. The van der Waals surface area contributed by atoms with Gasteiger partial charge in [-0.15, -0.1) is 0 Å². The summed E-state index contributed by atoms with van der Waals surface area (Å²) < 4.78 is 29.3. The van der Waals surface area contributed by atoms with Gasteiger partial charge in [0.05, 0.1) is 10.6 Å². The Balaban J connectivity index is 2.10. The molecule has 3 aromatic rings. The van der Waals surface area contributed by atoms with Gasteiger partial charge in [0, 0.05) is 32.7 Å². The van der Waals surface area contributed by atoms with E-state index >= 15 is 0 Å². The van der Waals surface area contributed by atoms with Crippen LogP contribution >= 0.6 is 39.1 Å². The third kappa shape index (κ3) is 7.75. The molecule has 2 amide bonds. The summed E-state index contributed by atoms with van der Waals surface area (Å²) in [5.41, 5.74) is 0.752. The van der Waals surface area contributed by atoms with Crippen molar-refractivity contribution in [3.05, 3.63) is 92.9 Å². The van der Waals surface area contributed by atoms with Gasteiger partial charge in [0.25, 0.3) is 10.0 Å². The number of amides is 2. The van der Waals surface area contributed by atoms with Crippen LogP contribution in [-0.2, 0) is 26.2 Å². The zero-order valence-electron chi connectivity index (χ0n) is 21.8. The minimum absolute atomic E-state index is 0.0306. The molecule has 0 heterocycles. The van der Waals surface area contributed by atoms with Crippen LogP contribution in [0.25, 0.3) is 0 Å². The van der Waals surface area contributed by atoms with Gasteiger partial charge in [0.15, 0.2) is 0 Å². The van der Waals surface area contributed by atoms with Crippen LogP contribution in [0.15, 0.2) is 82.2 Å². The Morgan fingerprint density at radius 1 is 0.949 bits per heavy atom. The summed E-state index contributed by atoms with van der Waals surface area (Å²) in [6.45, 7) is 4.79. The van der Waals surface area contributed by atoms with Crippen LogP contribution in [0, 0.1) is 0 Å². The maximum Gasteiger partial charge on any atom is 0.264 e. The second-order valence-electron chi connectivity index (χ2n) is 9.11. The van der Waals surface area contributed by atoms with Gasteiger partial charge in [-0.2, -0.15) is 0 Å². The number of carbonyl (C=O) groups excluding carboxylic acids is 2. The van der Waals surface area contributed by atoms with E-state index in [1.807, 2.05) is 13.8 Å². The third-order valence-electron chi connectivity index (χ3n) is 5.91. The molecule has 3 aromatic carbocycles. The van der Waals surface area contributed by atoms with E-state index in [1.54, 1.807) is 67.6 Å². The van der Waals surface area contributed by atoms with Crippen molar-refractivity contribution in [3.8, 4) is 0 Å². The van der Waals surface area contributed by atoms with Crippen molar-refractivity contribution in [1.29, 1.82) is 0 Å². The highest BCUT2D eigenvalue weighted by atomic mass is 79.9. The van der Waals surface area contributed by atoms with E-state index in [1.165, 1.54) is 17.0 Å². The topological polar surface area (TPSA) is 86.8 Å². The van der Waals surface area contributed by atoms with Crippen molar-refractivity contribution in [3.63, 3.8) is 0 Å². The van der Waals surface area contributed by atoms with Gasteiger partial charge in [0.1, 0.15) is 12.6 Å². The molecule has 0 aliphatic heterocycles. The van der Waals surface area contributed by atoms with Gasteiger partial charge < -0.3 is 10.2 Å². The summed E-state index contributed by atoms with van der Waals surface area (Å²) in [7, 11) is -4.15. The summed E-state index contributed by atoms with van der Waals surface area (Å²) in [6.07, 6.45) is 0.286. The largest absolute Gasteiger partial charge is 0.352 e. The highest BCUT2D eigenvalue weighted by molar-refractivity contribution is 9.10. The Kier molecular flexibility index (Phi) is 10.8. The van der Waals surface area contributed by atoms with Gasteiger partial charge in [-0.1, -0.05) is 76.4 Å². The molecule has 0 saturated heterocycles. The van der Waals surface area contributed by atoms with E-state index in [0.717, 1.165) is 4.31 Å². The highest BCUT2D eigenvalue weighted by Crippen LogP contribution is 2.29. The molecular weight excluding hydrogens is 625 g/mol. The first kappa shape index (κ1) is 30.9. The molecule has 39 heavy (non-hydrogen) atoms. The fraction of sp³-hybridized carbons (Fsp3) is 0.286. The number of nitrogens with zero attached hydrogens (tertiary/aromatic N) is 2. The molecular formula is C28H30BrCl2N3O4S. The quantitative estimate of drug-likeness (QED) is 0.264. The number of halogens is 3. The fourth-order valence-electron chi connectivity index (χ4n) is 4.03. The van der Waals surface area contributed by atoms with Crippen molar-refractivity contribution in [2.24, 2.45) is 0 Å². The summed E-state index contributed by atoms with van der Waals surface area (Å²) in [5.74, 6) is -0.944. The first-order valence-electron chi connectivity index (χ1n) is 12.3. The predicted molar refractivity (Wildman–Crippen MR) is 159 cm³/mol. The SMILES string of the molecule is CCC(C(=O)NC(C)C)N(Cc1c(Cl)cccc1Cl)C(=O)CN(c1cccc(Br)c1)S(=O)(=O)c1ccccc1. The van der Waals surface area contributed by atoms with Gasteiger partial charge in [-0.25, -0.2) is 8.42 Å². The molecule has 0 aliphatic carbocycles. The summed E-state index contributed by atoms with van der Waals surface area (Å²) in [6, 6.07) is 18.5. The average Bonchev–Trinajstić information content (AvgIpc) is 2.88. The maximum atomic E-state index is 14.0.